The SMILES string of the molecule is CCOP(=O)(OCC)/C(Cl)=C\c1ccccc1. The minimum atomic E-state index is -3.35. The average molecular weight is 275 g/mol. The van der Waals surface area contributed by atoms with Crippen LogP contribution in [0.2, 0.25) is 0 Å². The van der Waals surface area contributed by atoms with Crippen LogP contribution in [0.4, 0.5) is 0 Å². The molecule has 0 N–H and O–H groups in total. The molecule has 0 aliphatic rings. The predicted octanol–water partition coefficient (Wildman–Crippen LogP) is 4.49. The molecule has 0 aliphatic carbocycles. The first kappa shape index (κ1) is 14.5. The van der Waals surface area contributed by atoms with E-state index in [9.17, 15) is 4.57 Å². The molecule has 5 heteroatoms. The third-order valence-electron chi connectivity index (χ3n) is 1.95. The van der Waals surface area contributed by atoms with Crippen molar-refractivity contribution >= 4 is 25.3 Å². The Balaban J connectivity index is 2.96. The van der Waals surface area contributed by atoms with Gasteiger partial charge in [-0.2, -0.15) is 0 Å². The first-order valence-corrected chi connectivity index (χ1v) is 7.36. The molecule has 0 unspecified atom stereocenters. The molecule has 1 aromatic carbocycles. The number of hydrogen-bond acceptors (Lipinski definition) is 3. The summed E-state index contributed by atoms with van der Waals surface area (Å²) in [6.07, 6.45) is 1.60. The summed E-state index contributed by atoms with van der Waals surface area (Å²) in [5, 5.41) is 0. The van der Waals surface area contributed by atoms with Crippen LogP contribution in [0.25, 0.3) is 6.08 Å². The highest BCUT2D eigenvalue weighted by Crippen LogP contribution is 2.58. The first-order valence-electron chi connectivity index (χ1n) is 5.44. The zero-order valence-electron chi connectivity index (χ0n) is 9.93. The second-order valence-corrected chi connectivity index (χ2v) is 5.87. The summed E-state index contributed by atoms with van der Waals surface area (Å²) in [7, 11) is -3.35. The maximum Gasteiger partial charge on any atom is 0.372 e. The van der Waals surface area contributed by atoms with Crippen LogP contribution in [0, 0.1) is 0 Å². The third kappa shape index (κ3) is 4.29. The summed E-state index contributed by atoms with van der Waals surface area (Å²) >= 11 is 6.03. The number of hydrogen-bond donors (Lipinski definition) is 0. The summed E-state index contributed by atoms with van der Waals surface area (Å²) in [5.74, 6) is 0. The van der Waals surface area contributed by atoms with Gasteiger partial charge >= 0.3 is 7.60 Å². The molecule has 94 valence electrons. The molecule has 17 heavy (non-hydrogen) atoms. The van der Waals surface area contributed by atoms with E-state index in [0.29, 0.717) is 0 Å². The van der Waals surface area contributed by atoms with E-state index in [1.54, 1.807) is 19.9 Å². The van der Waals surface area contributed by atoms with Gasteiger partial charge < -0.3 is 9.05 Å². The molecule has 0 atom stereocenters. The zero-order valence-corrected chi connectivity index (χ0v) is 11.6. The van der Waals surface area contributed by atoms with Crippen molar-refractivity contribution in [2.24, 2.45) is 0 Å². The molecule has 0 amide bonds. The molecule has 0 heterocycles. The molecular weight excluding hydrogens is 259 g/mol. The van der Waals surface area contributed by atoms with E-state index in [1.807, 2.05) is 30.3 Å². The molecular formula is C12H16ClO3P. The van der Waals surface area contributed by atoms with Crippen molar-refractivity contribution in [1.29, 1.82) is 0 Å². The van der Waals surface area contributed by atoms with Gasteiger partial charge in [-0.1, -0.05) is 41.9 Å². The van der Waals surface area contributed by atoms with E-state index >= 15 is 0 Å². The Morgan fingerprint density at radius 2 is 1.76 bits per heavy atom. The van der Waals surface area contributed by atoms with Crippen molar-refractivity contribution in [3.63, 3.8) is 0 Å². The lowest BCUT2D eigenvalue weighted by Gasteiger charge is -2.15. The molecule has 0 saturated carbocycles. The van der Waals surface area contributed by atoms with Crippen molar-refractivity contribution in [2.75, 3.05) is 13.2 Å². The van der Waals surface area contributed by atoms with Gasteiger partial charge in [-0.3, -0.25) is 4.57 Å². The number of rotatable bonds is 6. The summed E-state index contributed by atoms with van der Waals surface area (Å²) in [6, 6.07) is 9.38. The van der Waals surface area contributed by atoms with Crippen molar-refractivity contribution in [3.05, 3.63) is 40.7 Å². The maximum atomic E-state index is 12.3. The van der Waals surface area contributed by atoms with E-state index in [1.165, 1.54) is 0 Å². The Hall–Kier alpha value is -0.600. The summed E-state index contributed by atoms with van der Waals surface area (Å²) < 4.78 is 22.7. The molecule has 0 saturated heterocycles. The summed E-state index contributed by atoms with van der Waals surface area (Å²) in [4.78, 5) is 0. The molecule has 0 spiro atoms. The van der Waals surface area contributed by atoms with Crippen LogP contribution in [-0.4, -0.2) is 13.2 Å². The normalized spacial score (nSPS) is 12.8. The minimum absolute atomic E-state index is 0.104. The van der Waals surface area contributed by atoms with E-state index in [-0.39, 0.29) is 18.0 Å². The Labute approximate surface area is 107 Å². The van der Waals surface area contributed by atoms with Crippen LogP contribution >= 0.6 is 19.2 Å². The van der Waals surface area contributed by atoms with Crippen LogP contribution in [0.5, 0.6) is 0 Å². The maximum absolute atomic E-state index is 12.3. The highest BCUT2D eigenvalue weighted by Gasteiger charge is 2.28. The fourth-order valence-electron chi connectivity index (χ4n) is 1.27. The predicted molar refractivity (Wildman–Crippen MR) is 71.1 cm³/mol. The quantitative estimate of drug-likeness (QED) is 0.717. The topological polar surface area (TPSA) is 35.5 Å². The van der Waals surface area contributed by atoms with Gasteiger partial charge in [0.2, 0.25) is 0 Å². The molecule has 3 nitrogen and oxygen atoms in total. The fourth-order valence-corrected chi connectivity index (χ4v) is 2.99. The molecule has 0 bridgehead atoms. The fraction of sp³-hybridized carbons (Fsp3) is 0.333. The van der Waals surface area contributed by atoms with Crippen molar-refractivity contribution < 1.29 is 13.6 Å². The molecule has 0 fully saturated rings. The van der Waals surface area contributed by atoms with Crippen LogP contribution < -0.4 is 0 Å². The van der Waals surface area contributed by atoms with Gasteiger partial charge in [-0.15, -0.1) is 0 Å². The first-order chi connectivity index (χ1) is 8.12. The molecule has 1 rings (SSSR count). The number of benzene rings is 1. The zero-order chi connectivity index (χ0) is 12.7. The Kier molecular flexibility index (Phi) is 5.93. The monoisotopic (exact) mass is 274 g/mol. The van der Waals surface area contributed by atoms with Crippen LogP contribution in [-0.2, 0) is 13.6 Å². The lowest BCUT2D eigenvalue weighted by molar-refractivity contribution is 0.228. The van der Waals surface area contributed by atoms with Crippen LogP contribution in [0.3, 0.4) is 0 Å². The van der Waals surface area contributed by atoms with Crippen molar-refractivity contribution in [1.82, 2.24) is 0 Å². The lowest BCUT2D eigenvalue weighted by atomic mass is 10.2. The van der Waals surface area contributed by atoms with Crippen LogP contribution in [0.1, 0.15) is 19.4 Å². The second-order valence-electron chi connectivity index (χ2n) is 3.21. The average Bonchev–Trinajstić information content (AvgIpc) is 2.31. The lowest BCUT2D eigenvalue weighted by Crippen LogP contribution is -1.95. The Morgan fingerprint density at radius 3 is 2.24 bits per heavy atom. The largest absolute Gasteiger partial charge is 0.372 e. The van der Waals surface area contributed by atoms with E-state index < -0.39 is 7.60 Å². The Morgan fingerprint density at radius 1 is 1.24 bits per heavy atom. The van der Waals surface area contributed by atoms with E-state index in [4.69, 9.17) is 20.6 Å². The number of halogens is 1. The van der Waals surface area contributed by atoms with E-state index in [2.05, 4.69) is 0 Å². The third-order valence-corrected chi connectivity index (χ3v) is 4.52. The molecule has 0 aliphatic heterocycles. The minimum Gasteiger partial charge on any atom is -0.305 e. The standard InChI is InChI=1S/C12H16ClO3P/c1-3-15-17(14,16-4-2)12(13)10-11-8-6-5-7-9-11/h5-10H,3-4H2,1-2H3/b12-10-. The summed E-state index contributed by atoms with van der Waals surface area (Å²) in [6.45, 7) is 4.07. The molecule has 0 aromatic heterocycles. The smallest absolute Gasteiger partial charge is 0.305 e. The van der Waals surface area contributed by atoms with Gasteiger partial charge in [0.1, 0.15) is 4.77 Å². The van der Waals surface area contributed by atoms with Gasteiger partial charge in [-0.05, 0) is 25.5 Å². The van der Waals surface area contributed by atoms with Crippen LogP contribution in [0.15, 0.2) is 35.1 Å². The molecule has 1 aromatic rings. The molecule has 0 radical (unpaired) electrons. The Bertz CT molecular complexity index is 407. The highest BCUT2D eigenvalue weighted by atomic mass is 35.5. The van der Waals surface area contributed by atoms with Gasteiger partial charge in [0, 0.05) is 0 Å². The summed E-state index contributed by atoms with van der Waals surface area (Å²) in [5.41, 5.74) is 0.858. The van der Waals surface area contributed by atoms with Crippen molar-refractivity contribution in [2.45, 2.75) is 13.8 Å². The van der Waals surface area contributed by atoms with E-state index in [0.717, 1.165) is 5.56 Å². The van der Waals surface area contributed by atoms with Gasteiger partial charge in [0.25, 0.3) is 0 Å². The van der Waals surface area contributed by atoms with Gasteiger partial charge in [0.05, 0.1) is 13.2 Å². The second kappa shape index (κ2) is 6.97. The van der Waals surface area contributed by atoms with Gasteiger partial charge in [0.15, 0.2) is 0 Å². The van der Waals surface area contributed by atoms with Gasteiger partial charge in [-0.25, -0.2) is 0 Å². The highest BCUT2D eigenvalue weighted by molar-refractivity contribution is 7.61. The van der Waals surface area contributed by atoms with Crippen molar-refractivity contribution in [3.8, 4) is 0 Å².